The van der Waals surface area contributed by atoms with Crippen LogP contribution in [0.15, 0.2) is 25.0 Å². The van der Waals surface area contributed by atoms with Crippen LogP contribution in [0.25, 0.3) is 5.69 Å². The molecular weight excluding hydrogens is 130 g/mol. The van der Waals surface area contributed by atoms with Crippen molar-refractivity contribution >= 4 is 0 Å². The maximum absolute atomic E-state index is 3.78. The second-order valence-corrected chi connectivity index (χ2v) is 1.83. The highest BCUT2D eigenvalue weighted by atomic mass is 15.2. The molecule has 10 heavy (non-hydrogen) atoms. The summed E-state index contributed by atoms with van der Waals surface area (Å²) in [7, 11) is 0. The molecule has 0 unspecified atom stereocenters. The number of hydrogen-bond acceptors (Lipinski definition) is 3. The van der Waals surface area contributed by atoms with Crippen LogP contribution in [-0.4, -0.2) is 25.0 Å². The molecule has 0 amide bonds. The molecule has 0 radical (unpaired) electrons. The summed E-state index contributed by atoms with van der Waals surface area (Å²) in [6, 6.07) is 0. The van der Waals surface area contributed by atoms with Crippen molar-refractivity contribution in [1.29, 1.82) is 0 Å². The van der Waals surface area contributed by atoms with E-state index < -0.39 is 0 Å². The second kappa shape index (κ2) is 1.94. The summed E-state index contributed by atoms with van der Waals surface area (Å²) in [6.45, 7) is 0. The fourth-order valence-electron chi connectivity index (χ4n) is 0.719. The molecule has 5 heteroatoms. The number of aromatic amines is 1. The van der Waals surface area contributed by atoms with Crippen LogP contribution in [0.3, 0.4) is 0 Å². The first-order valence-electron chi connectivity index (χ1n) is 2.80. The van der Waals surface area contributed by atoms with Crippen LogP contribution < -0.4 is 0 Å². The van der Waals surface area contributed by atoms with Gasteiger partial charge < -0.3 is 0 Å². The Morgan fingerprint density at radius 3 is 2.70 bits per heavy atom. The minimum Gasteiger partial charge on any atom is -0.285 e. The Morgan fingerprint density at radius 2 is 2.10 bits per heavy atom. The summed E-state index contributed by atoms with van der Waals surface area (Å²) in [5.74, 6) is 0. The van der Waals surface area contributed by atoms with Gasteiger partial charge in [-0.25, -0.2) is 0 Å². The molecule has 0 aliphatic carbocycles. The van der Waals surface area contributed by atoms with Gasteiger partial charge in [-0.1, -0.05) is 0 Å². The Morgan fingerprint density at radius 1 is 1.30 bits per heavy atom. The summed E-state index contributed by atoms with van der Waals surface area (Å²) in [4.78, 5) is 0. The molecule has 0 aliphatic heterocycles. The van der Waals surface area contributed by atoms with Gasteiger partial charge in [-0.2, -0.15) is 5.10 Å². The van der Waals surface area contributed by atoms with Gasteiger partial charge in [0.05, 0.1) is 11.9 Å². The summed E-state index contributed by atoms with van der Waals surface area (Å²) in [5, 5.41) is 13.8. The highest BCUT2D eigenvalue weighted by Crippen LogP contribution is 1.99. The first kappa shape index (κ1) is 5.16. The third-order valence-electron chi connectivity index (χ3n) is 1.20. The van der Waals surface area contributed by atoms with E-state index in [0.717, 1.165) is 5.69 Å². The summed E-state index contributed by atoms with van der Waals surface area (Å²) >= 11 is 0. The van der Waals surface area contributed by atoms with E-state index in [0.29, 0.717) is 0 Å². The molecule has 0 spiro atoms. The Labute approximate surface area is 56.7 Å². The molecule has 2 aromatic heterocycles. The molecule has 0 atom stereocenters. The topological polar surface area (TPSA) is 59.4 Å². The van der Waals surface area contributed by atoms with Crippen molar-refractivity contribution in [1.82, 2.24) is 25.0 Å². The van der Waals surface area contributed by atoms with E-state index in [1.54, 1.807) is 29.6 Å². The van der Waals surface area contributed by atoms with E-state index >= 15 is 0 Å². The zero-order chi connectivity index (χ0) is 6.81. The summed E-state index contributed by atoms with van der Waals surface area (Å²) in [5.41, 5.74) is 0.935. The Balaban J connectivity index is 2.48. The predicted octanol–water partition coefficient (Wildman–Crippen LogP) is -0.00960. The molecule has 0 fully saturated rings. The Hall–Kier alpha value is -1.65. The molecule has 50 valence electrons. The lowest BCUT2D eigenvalue weighted by Gasteiger charge is -1.89. The Bertz CT molecular complexity index is 249. The number of H-pyrrole nitrogens is 1. The number of hydrogen-bond donors (Lipinski definition) is 1. The molecule has 0 saturated carbocycles. The normalized spacial score (nSPS) is 10.0. The van der Waals surface area contributed by atoms with E-state index in [1.165, 1.54) is 0 Å². The molecular formula is C5H5N5. The SMILES string of the molecule is c1n[nH]cc1-n1cnnc1. The smallest absolute Gasteiger partial charge is 0.124 e. The molecule has 2 heterocycles. The fraction of sp³-hybridized carbons (Fsp3) is 0. The average molecular weight is 135 g/mol. The van der Waals surface area contributed by atoms with Gasteiger partial charge in [-0.3, -0.25) is 9.67 Å². The molecule has 0 saturated heterocycles. The molecule has 0 aromatic carbocycles. The highest BCUT2D eigenvalue weighted by molar-refractivity contribution is 5.22. The van der Waals surface area contributed by atoms with Gasteiger partial charge in [-0.05, 0) is 0 Å². The van der Waals surface area contributed by atoms with Gasteiger partial charge in [0.1, 0.15) is 12.7 Å². The first-order valence-corrected chi connectivity index (χ1v) is 2.80. The van der Waals surface area contributed by atoms with Crippen molar-refractivity contribution in [3.05, 3.63) is 25.0 Å². The molecule has 0 bridgehead atoms. The quantitative estimate of drug-likeness (QED) is 0.598. The zero-order valence-electron chi connectivity index (χ0n) is 5.10. The van der Waals surface area contributed by atoms with Gasteiger partial charge in [-0.15, -0.1) is 10.2 Å². The van der Waals surface area contributed by atoms with E-state index in [2.05, 4.69) is 20.4 Å². The maximum Gasteiger partial charge on any atom is 0.124 e. The molecule has 1 N–H and O–H groups in total. The highest BCUT2D eigenvalue weighted by Gasteiger charge is 1.93. The van der Waals surface area contributed by atoms with Crippen molar-refractivity contribution in [3.8, 4) is 5.69 Å². The third kappa shape index (κ3) is 0.680. The lowest BCUT2D eigenvalue weighted by molar-refractivity contribution is 1.06. The third-order valence-corrected chi connectivity index (χ3v) is 1.20. The van der Waals surface area contributed by atoms with Crippen molar-refractivity contribution in [2.24, 2.45) is 0 Å². The number of rotatable bonds is 1. The van der Waals surface area contributed by atoms with Gasteiger partial charge in [0, 0.05) is 6.20 Å². The van der Waals surface area contributed by atoms with Crippen LogP contribution in [-0.2, 0) is 0 Å². The van der Waals surface area contributed by atoms with E-state index in [9.17, 15) is 0 Å². The molecule has 0 aliphatic rings. The van der Waals surface area contributed by atoms with Gasteiger partial charge in [0.25, 0.3) is 0 Å². The van der Waals surface area contributed by atoms with E-state index in [4.69, 9.17) is 0 Å². The average Bonchev–Trinajstić information content (AvgIpc) is 2.59. The monoisotopic (exact) mass is 135 g/mol. The van der Waals surface area contributed by atoms with Crippen LogP contribution in [0.2, 0.25) is 0 Å². The van der Waals surface area contributed by atoms with Crippen molar-refractivity contribution in [2.45, 2.75) is 0 Å². The predicted molar refractivity (Wildman–Crippen MR) is 33.5 cm³/mol. The van der Waals surface area contributed by atoms with Crippen LogP contribution >= 0.6 is 0 Å². The number of nitrogens with zero attached hydrogens (tertiary/aromatic N) is 4. The van der Waals surface area contributed by atoms with Gasteiger partial charge >= 0.3 is 0 Å². The van der Waals surface area contributed by atoms with Gasteiger partial charge in [0.2, 0.25) is 0 Å². The number of aromatic nitrogens is 5. The largest absolute Gasteiger partial charge is 0.285 e. The summed E-state index contributed by atoms with van der Waals surface area (Å²) in [6.07, 6.45) is 6.70. The van der Waals surface area contributed by atoms with E-state index in [1.807, 2.05) is 0 Å². The van der Waals surface area contributed by atoms with E-state index in [-0.39, 0.29) is 0 Å². The lowest BCUT2D eigenvalue weighted by atomic mass is 10.6. The molecule has 2 aromatic rings. The fourth-order valence-corrected chi connectivity index (χ4v) is 0.719. The minimum absolute atomic E-state index is 0.935. The second-order valence-electron chi connectivity index (χ2n) is 1.83. The van der Waals surface area contributed by atoms with Gasteiger partial charge in [0.15, 0.2) is 0 Å². The van der Waals surface area contributed by atoms with Crippen LogP contribution in [0, 0.1) is 0 Å². The van der Waals surface area contributed by atoms with Crippen molar-refractivity contribution in [2.75, 3.05) is 0 Å². The van der Waals surface area contributed by atoms with Crippen molar-refractivity contribution in [3.63, 3.8) is 0 Å². The van der Waals surface area contributed by atoms with Crippen LogP contribution in [0.5, 0.6) is 0 Å². The van der Waals surface area contributed by atoms with Crippen LogP contribution in [0.1, 0.15) is 0 Å². The standard InChI is InChI=1S/C5H5N5/c1-5(2-7-6-1)10-3-8-9-4-10/h1-4H,(H,6,7). The molecule has 2 rings (SSSR count). The first-order chi connectivity index (χ1) is 4.97. The molecule has 5 nitrogen and oxygen atoms in total. The lowest BCUT2D eigenvalue weighted by Crippen LogP contribution is -1.84. The Kier molecular flexibility index (Phi) is 1.00. The summed E-state index contributed by atoms with van der Waals surface area (Å²) < 4.78 is 1.77. The maximum atomic E-state index is 3.78. The minimum atomic E-state index is 0.935. The van der Waals surface area contributed by atoms with Crippen molar-refractivity contribution < 1.29 is 0 Å². The van der Waals surface area contributed by atoms with Crippen LogP contribution in [0.4, 0.5) is 0 Å². The number of nitrogens with one attached hydrogen (secondary N) is 1. The zero-order valence-corrected chi connectivity index (χ0v) is 5.10.